The number of nitrogens with one attached hydrogen (secondary N) is 1. The van der Waals surface area contributed by atoms with Crippen LogP contribution in [0.15, 0.2) is 64.4 Å². The predicted molar refractivity (Wildman–Crippen MR) is 119 cm³/mol. The molecule has 0 aliphatic carbocycles. The van der Waals surface area contributed by atoms with E-state index < -0.39 is 0 Å². The minimum atomic E-state index is -0.217. The Bertz CT molecular complexity index is 1080. The van der Waals surface area contributed by atoms with E-state index in [0.717, 1.165) is 5.56 Å². The van der Waals surface area contributed by atoms with Gasteiger partial charge < -0.3 is 5.32 Å². The van der Waals surface area contributed by atoms with Gasteiger partial charge in [-0.2, -0.15) is 9.78 Å². The van der Waals surface area contributed by atoms with Crippen molar-refractivity contribution in [3.63, 3.8) is 0 Å². The molecule has 5 nitrogen and oxygen atoms in total. The number of thioether (sulfide) groups is 1. The highest BCUT2D eigenvalue weighted by atomic mass is 35.5. The first kappa shape index (κ1) is 21.1. The van der Waals surface area contributed by atoms with Gasteiger partial charge in [-0.05, 0) is 54.3 Å². The van der Waals surface area contributed by atoms with E-state index in [-0.39, 0.29) is 17.2 Å². The molecule has 2 aromatic carbocycles. The van der Waals surface area contributed by atoms with E-state index in [1.54, 1.807) is 18.2 Å². The van der Waals surface area contributed by atoms with E-state index in [0.29, 0.717) is 27.3 Å². The molecule has 0 atom stereocenters. The van der Waals surface area contributed by atoms with Crippen molar-refractivity contribution in [2.24, 2.45) is 0 Å². The summed E-state index contributed by atoms with van der Waals surface area (Å²) in [5, 5.41) is 8.45. The first-order chi connectivity index (χ1) is 13.8. The number of rotatable bonds is 6. The maximum absolute atomic E-state index is 12.3. The van der Waals surface area contributed by atoms with Gasteiger partial charge in [0.2, 0.25) is 5.91 Å². The topological polar surface area (TPSA) is 64.0 Å². The van der Waals surface area contributed by atoms with Crippen LogP contribution >= 0.6 is 23.4 Å². The van der Waals surface area contributed by atoms with Crippen molar-refractivity contribution in [1.29, 1.82) is 0 Å². The molecule has 0 aliphatic heterocycles. The predicted octanol–water partition coefficient (Wildman–Crippen LogP) is 5.05. The van der Waals surface area contributed by atoms with Gasteiger partial charge in [-0.3, -0.25) is 9.59 Å². The molecule has 150 valence electrons. The van der Waals surface area contributed by atoms with E-state index in [9.17, 15) is 9.59 Å². The molecule has 1 aromatic heterocycles. The molecule has 3 aromatic rings. The van der Waals surface area contributed by atoms with Gasteiger partial charge in [0.15, 0.2) is 0 Å². The number of aromatic nitrogens is 2. The van der Waals surface area contributed by atoms with Gasteiger partial charge in [-0.25, -0.2) is 0 Å². The summed E-state index contributed by atoms with van der Waals surface area (Å²) < 4.78 is 1.35. The largest absolute Gasteiger partial charge is 0.325 e. The summed E-state index contributed by atoms with van der Waals surface area (Å²) in [6.45, 7) is 6.09. The van der Waals surface area contributed by atoms with Crippen LogP contribution in [-0.4, -0.2) is 21.4 Å². The van der Waals surface area contributed by atoms with Crippen LogP contribution in [0.1, 0.15) is 30.9 Å². The van der Waals surface area contributed by atoms with Gasteiger partial charge in [-0.1, -0.05) is 55.4 Å². The van der Waals surface area contributed by atoms with Crippen LogP contribution in [-0.2, 0) is 4.79 Å². The van der Waals surface area contributed by atoms with Crippen molar-refractivity contribution in [2.45, 2.75) is 31.7 Å². The monoisotopic (exact) mass is 427 g/mol. The lowest BCUT2D eigenvalue weighted by atomic mass is 10.0. The lowest BCUT2D eigenvalue weighted by Crippen LogP contribution is -2.21. The molecule has 0 unspecified atom stereocenters. The smallest absolute Gasteiger partial charge is 0.271 e. The van der Waals surface area contributed by atoms with Gasteiger partial charge in [-0.15, -0.1) is 0 Å². The Hall–Kier alpha value is -2.57. The van der Waals surface area contributed by atoms with Crippen molar-refractivity contribution in [3.8, 4) is 5.69 Å². The average molecular weight is 428 g/mol. The summed E-state index contributed by atoms with van der Waals surface area (Å²) in [6.07, 6.45) is 0. The molecule has 1 N–H and O–H groups in total. The van der Waals surface area contributed by atoms with Crippen molar-refractivity contribution >= 4 is 35.0 Å². The SMILES string of the molecule is Cc1c(Cl)cccc1NC(=O)CSc1ccc(=O)n(-c2ccc(C(C)C)cc2)n1. The van der Waals surface area contributed by atoms with Crippen LogP contribution in [0.25, 0.3) is 5.69 Å². The highest BCUT2D eigenvalue weighted by molar-refractivity contribution is 7.99. The number of halogens is 1. The minimum Gasteiger partial charge on any atom is -0.325 e. The van der Waals surface area contributed by atoms with Gasteiger partial charge >= 0.3 is 0 Å². The zero-order valence-electron chi connectivity index (χ0n) is 16.5. The molecular weight excluding hydrogens is 406 g/mol. The Balaban J connectivity index is 1.70. The fraction of sp³-hybridized carbons (Fsp3) is 0.227. The Labute approximate surface area is 179 Å². The van der Waals surface area contributed by atoms with Crippen LogP contribution in [0.3, 0.4) is 0 Å². The molecule has 0 fully saturated rings. The summed E-state index contributed by atoms with van der Waals surface area (Å²) in [5.41, 5.74) is 3.18. The fourth-order valence-corrected chi connectivity index (χ4v) is 3.55. The van der Waals surface area contributed by atoms with Crippen LogP contribution in [0.2, 0.25) is 5.02 Å². The number of amides is 1. The van der Waals surface area contributed by atoms with Crippen molar-refractivity contribution in [3.05, 3.63) is 81.1 Å². The Morgan fingerprint density at radius 1 is 1.14 bits per heavy atom. The molecule has 0 saturated carbocycles. The number of anilines is 1. The molecule has 0 radical (unpaired) electrons. The molecule has 29 heavy (non-hydrogen) atoms. The normalized spacial score (nSPS) is 10.9. The number of benzene rings is 2. The maximum Gasteiger partial charge on any atom is 0.271 e. The van der Waals surface area contributed by atoms with Crippen LogP contribution < -0.4 is 10.9 Å². The molecular formula is C22H22ClN3O2S. The Morgan fingerprint density at radius 2 is 1.86 bits per heavy atom. The molecule has 1 heterocycles. The molecule has 0 spiro atoms. The number of carbonyl (C=O) groups is 1. The summed E-state index contributed by atoms with van der Waals surface area (Å²) in [4.78, 5) is 24.5. The molecule has 0 aliphatic rings. The van der Waals surface area contributed by atoms with E-state index in [1.165, 1.54) is 28.1 Å². The van der Waals surface area contributed by atoms with Crippen LogP contribution in [0.5, 0.6) is 0 Å². The molecule has 3 rings (SSSR count). The number of carbonyl (C=O) groups excluding carboxylic acids is 1. The standard InChI is InChI=1S/C22H22ClN3O2S/c1-14(2)16-7-9-17(10-8-16)26-22(28)12-11-21(25-26)29-13-20(27)24-19-6-4-5-18(23)15(19)3/h4-12,14H,13H2,1-3H3,(H,24,27). The summed E-state index contributed by atoms with van der Waals surface area (Å²) in [6, 6.07) is 16.2. The highest BCUT2D eigenvalue weighted by Gasteiger charge is 2.10. The fourth-order valence-electron chi connectivity index (χ4n) is 2.73. The first-order valence-corrected chi connectivity index (χ1v) is 10.6. The van der Waals surface area contributed by atoms with Crippen LogP contribution in [0, 0.1) is 6.92 Å². The molecule has 0 bridgehead atoms. The average Bonchev–Trinajstić information content (AvgIpc) is 2.71. The summed E-state index contributed by atoms with van der Waals surface area (Å²) in [7, 11) is 0. The lowest BCUT2D eigenvalue weighted by molar-refractivity contribution is -0.113. The molecule has 0 saturated heterocycles. The third-order valence-electron chi connectivity index (χ3n) is 4.47. The highest BCUT2D eigenvalue weighted by Crippen LogP contribution is 2.23. The van der Waals surface area contributed by atoms with Crippen molar-refractivity contribution in [2.75, 3.05) is 11.1 Å². The van der Waals surface area contributed by atoms with Gasteiger partial charge in [0.05, 0.1) is 11.4 Å². The second-order valence-electron chi connectivity index (χ2n) is 6.92. The zero-order chi connectivity index (χ0) is 21.0. The molecule has 7 heteroatoms. The summed E-state index contributed by atoms with van der Waals surface area (Å²) >= 11 is 7.36. The van der Waals surface area contributed by atoms with Gasteiger partial charge in [0.25, 0.3) is 5.56 Å². The van der Waals surface area contributed by atoms with E-state index >= 15 is 0 Å². The molecule has 1 amide bonds. The zero-order valence-corrected chi connectivity index (χ0v) is 18.1. The Kier molecular flexibility index (Phi) is 6.77. The second kappa shape index (κ2) is 9.29. The maximum atomic E-state index is 12.3. The second-order valence-corrected chi connectivity index (χ2v) is 8.32. The third kappa shape index (κ3) is 5.28. The van der Waals surface area contributed by atoms with E-state index in [2.05, 4.69) is 24.3 Å². The third-order valence-corrected chi connectivity index (χ3v) is 5.80. The number of hydrogen-bond donors (Lipinski definition) is 1. The van der Waals surface area contributed by atoms with Crippen LogP contribution in [0.4, 0.5) is 5.69 Å². The van der Waals surface area contributed by atoms with Gasteiger partial charge in [0, 0.05) is 16.8 Å². The van der Waals surface area contributed by atoms with Gasteiger partial charge in [0.1, 0.15) is 5.03 Å². The lowest BCUT2D eigenvalue weighted by Gasteiger charge is -2.10. The van der Waals surface area contributed by atoms with E-state index in [4.69, 9.17) is 11.6 Å². The summed E-state index contributed by atoms with van der Waals surface area (Å²) in [5.74, 6) is 0.419. The van der Waals surface area contributed by atoms with Crippen molar-refractivity contribution < 1.29 is 4.79 Å². The minimum absolute atomic E-state index is 0.166. The Morgan fingerprint density at radius 3 is 2.55 bits per heavy atom. The van der Waals surface area contributed by atoms with E-state index in [1.807, 2.05) is 37.3 Å². The number of nitrogens with zero attached hydrogens (tertiary/aromatic N) is 2. The quantitative estimate of drug-likeness (QED) is 0.559. The van der Waals surface area contributed by atoms with Crippen molar-refractivity contribution in [1.82, 2.24) is 9.78 Å². The first-order valence-electron chi connectivity index (χ1n) is 9.23. The number of hydrogen-bond acceptors (Lipinski definition) is 4.